The summed E-state index contributed by atoms with van der Waals surface area (Å²) in [5, 5.41) is 3.48. The van der Waals surface area contributed by atoms with Crippen LogP contribution in [0.4, 0.5) is 0 Å². The summed E-state index contributed by atoms with van der Waals surface area (Å²) in [6.07, 6.45) is 13.5. The SMILES string of the molecule is CCCCCCCCCC(NC)C(C)CSC. The van der Waals surface area contributed by atoms with Crippen LogP contribution in [-0.2, 0) is 0 Å². The van der Waals surface area contributed by atoms with Crippen LogP contribution in [0.15, 0.2) is 0 Å². The molecule has 2 heteroatoms. The Labute approximate surface area is 114 Å². The third-order valence-corrected chi connectivity index (χ3v) is 4.47. The quantitative estimate of drug-likeness (QED) is 0.509. The molecule has 0 aromatic rings. The zero-order valence-electron chi connectivity index (χ0n) is 12.4. The molecule has 2 atom stereocenters. The van der Waals surface area contributed by atoms with Gasteiger partial charge in [0.05, 0.1) is 0 Å². The van der Waals surface area contributed by atoms with Gasteiger partial charge in [0.15, 0.2) is 0 Å². The van der Waals surface area contributed by atoms with Crippen molar-refractivity contribution in [2.75, 3.05) is 19.1 Å². The topological polar surface area (TPSA) is 12.0 Å². The minimum Gasteiger partial charge on any atom is -0.317 e. The molecule has 0 fully saturated rings. The summed E-state index contributed by atoms with van der Waals surface area (Å²) in [7, 11) is 2.11. The molecule has 104 valence electrons. The Morgan fingerprint density at radius 1 is 1.00 bits per heavy atom. The molecule has 2 unspecified atom stereocenters. The van der Waals surface area contributed by atoms with Gasteiger partial charge in [0.2, 0.25) is 0 Å². The molecule has 0 rings (SSSR count). The van der Waals surface area contributed by atoms with E-state index in [4.69, 9.17) is 0 Å². The van der Waals surface area contributed by atoms with Crippen LogP contribution >= 0.6 is 11.8 Å². The molecule has 0 heterocycles. The van der Waals surface area contributed by atoms with Gasteiger partial charge in [0, 0.05) is 6.04 Å². The summed E-state index contributed by atoms with van der Waals surface area (Å²) in [5.74, 6) is 2.08. The van der Waals surface area contributed by atoms with Gasteiger partial charge < -0.3 is 5.32 Å². The van der Waals surface area contributed by atoms with Crippen LogP contribution in [-0.4, -0.2) is 25.1 Å². The Kier molecular flexibility index (Phi) is 13.0. The van der Waals surface area contributed by atoms with Crippen LogP contribution in [0.1, 0.15) is 65.2 Å². The average molecular weight is 260 g/mol. The van der Waals surface area contributed by atoms with E-state index < -0.39 is 0 Å². The van der Waals surface area contributed by atoms with E-state index >= 15 is 0 Å². The van der Waals surface area contributed by atoms with Crippen LogP contribution in [0.2, 0.25) is 0 Å². The summed E-state index contributed by atoms with van der Waals surface area (Å²) >= 11 is 1.97. The van der Waals surface area contributed by atoms with Crippen molar-refractivity contribution in [3.63, 3.8) is 0 Å². The molecule has 1 N–H and O–H groups in total. The van der Waals surface area contributed by atoms with E-state index in [-0.39, 0.29) is 0 Å². The number of rotatable bonds is 12. The second-order valence-electron chi connectivity index (χ2n) is 5.24. The highest BCUT2D eigenvalue weighted by molar-refractivity contribution is 7.98. The van der Waals surface area contributed by atoms with Gasteiger partial charge >= 0.3 is 0 Å². The lowest BCUT2D eigenvalue weighted by molar-refractivity contribution is 0.390. The summed E-state index contributed by atoms with van der Waals surface area (Å²) in [5.41, 5.74) is 0. The normalized spacial score (nSPS) is 14.8. The predicted octanol–water partition coefficient (Wildman–Crippen LogP) is 4.71. The van der Waals surface area contributed by atoms with E-state index in [1.807, 2.05) is 11.8 Å². The first kappa shape index (κ1) is 17.3. The largest absolute Gasteiger partial charge is 0.317 e. The van der Waals surface area contributed by atoms with Crippen LogP contribution in [0.3, 0.4) is 0 Å². The van der Waals surface area contributed by atoms with Crippen molar-refractivity contribution in [1.82, 2.24) is 5.32 Å². The smallest absolute Gasteiger partial charge is 0.00975 e. The van der Waals surface area contributed by atoms with Crippen LogP contribution in [0, 0.1) is 5.92 Å². The van der Waals surface area contributed by atoms with Crippen LogP contribution in [0.5, 0.6) is 0 Å². The van der Waals surface area contributed by atoms with Gasteiger partial charge in [0.1, 0.15) is 0 Å². The lowest BCUT2D eigenvalue weighted by Gasteiger charge is -2.22. The third-order valence-electron chi connectivity index (χ3n) is 3.61. The van der Waals surface area contributed by atoms with E-state index in [0.29, 0.717) is 0 Å². The summed E-state index contributed by atoms with van der Waals surface area (Å²) < 4.78 is 0. The minimum atomic E-state index is 0.720. The molecular formula is C15H33NS. The van der Waals surface area contributed by atoms with Gasteiger partial charge in [-0.1, -0.05) is 58.8 Å². The molecule has 0 aromatic carbocycles. The number of nitrogens with one attached hydrogen (secondary N) is 1. The molecule has 0 radical (unpaired) electrons. The first-order valence-electron chi connectivity index (χ1n) is 7.42. The molecule has 0 amide bonds. The maximum atomic E-state index is 3.48. The zero-order valence-corrected chi connectivity index (χ0v) is 13.2. The predicted molar refractivity (Wildman–Crippen MR) is 83.0 cm³/mol. The first-order valence-corrected chi connectivity index (χ1v) is 8.81. The highest BCUT2D eigenvalue weighted by Gasteiger charge is 2.13. The van der Waals surface area contributed by atoms with Crippen molar-refractivity contribution < 1.29 is 0 Å². The van der Waals surface area contributed by atoms with Crippen molar-refractivity contribution in [3.05, 3.63) is 0 Å². The van der Waals surface area contributed by atoms with Gasteiger partial charge in [-0.3, -0.25) is 0 Å². The molecule has 0 aromatic heterocycles. The van der Waals surface area contributed by atoms with Gasteiger partial charge in [-0.05, 0) is 31.4 Å². The number of hydrogen-bond acceptors (Lipinski definition) is 2. The van der Waals surface area contributed by atoms with Crippen molar-refractivity contribution in [1.29, 1.82) is 0 Å². The van der Waals surface area contributed by atoms with Crippen molar-refractivity contribution in [2.45, 2.75) is 71.3 Å². The number of hydrogen-bond donors (Lipinski definition) is 1. The van der Waals surface area contributed by atoms with E-state index in [9.17, 15) is 0 Å². The van der Waals surface area contributed by atoms with Crippen molar-refractivity contribution >= 4 is 11.8 Å². The molecule has 0 spiro atoms. The average Bonchev–Trinajstić information content (AvgIpc) is 2.33. The molecule has 0 saturated heterocycles. The minimum absolute atomic E-state index is 0.720. The lowest BCUT2D eigenvalue weighted by atomic mass is 9.97. The maximum absolute atomic E-state index is 3.48. The van der Waals surface area contributed by atoms with E-state index in [1.165, 1.54) is 57.1 Å². The van der Waals surface area contributed by atoms with Crippen molar-refractivity contribution in [2.24, 2.45) is 5.92 Å². The first-order chi connectivity index (χ1) is 8.26. The second-order valence-corrected chi connectivity index (χ2v) is 6.15. The van der Waals surface area contributed by atoms with E-state index in [1.54, 1.807) is 0 Å². The summed E-state index contributed by atoms with van der Waals surface area (Å²) in [6.45, 7) is 4.66. The fraction of sp³-hybridized carbons (Fsp3) is 1.00. The Morgan fingerprint density at radius 3 is 2.12 bits per heavy atom. The summed E-state index contributed by atoms with van der Waals surface area (Å²) in [4.78, 5) is 0. The Balaban J connectivity index is 3.43. The standard InChI is InChI=1S/C15H33NS/c1-5-6-7-8-9-10-11-12-15(16-3)14(2)13-17-4/h14-16H,5-13H2,1-4H3. The highest BCUT2D eigenvalue weighted by Crippen LogP contribution is 2.16. The Bertz CT molecular complexity index is 150. The number of unbranched alkanes of at least 4 members (excludes halogenated alkanes) is 6. The fourth-order valence-electron chi connectivity index (χ4n) is 2.41. The van der Waals surface area contributed by atoms with E-state index in [0.717, 1.165) is 12.0 Å². The molecule has 17 heavy (non-hydrogen) atoms. The monoisotopic (exact) mass is 259 g/mol. The molecule has 0 aliphatic heterocycles. The third kappa shape index (κ3) is 9.96. The van der Waals surface area contributed by atoms with Crippen LogP contribution in [0.25, 0.3) is 0 Å². The van der Waals surface area contributed by atoms with Crippen LogP contribution < -0.4 is 5.32 Å². The Hall–Kier alpha value is 0.310. The molecule has 0 bridgehead atoms. The van der Waals surface area contributed by atoms with Crippen molar-refractivity contribution in [3.8, 4) is 0 Å². The van der Waals surface area contributed by atoms with Gasteiger partial charge in [-0.15, -0.1) is 0 Å². The Morgan fingerprint density at radius 2 is 1.59 bits per heavy atom. The zero-order chi connectivity index (χ0) is 12.9. The molecule has 1 nitrogen and oxygen atoms in total. The molecule has 0 aliphatic rings. The molecule has 0 aliphatic carbocycles. The highest BCUT2D eigenvalue weighted by atomic mass is 32.2. The van der Waals surface area contributed by atoms with E-state index in [2.05, 4.69) is 32.5 Å². The van der Waals surface area contributed by atoms with Gasteiger partial charge in [-0.2, -0.15) is 11.8 Å². The molecular weight excluding hydrogens is 226 g/mol. The molecule has 0 saturated carbocycles. The number of thioether (sulfide) groups is 1. The maximum Gasteiger partial charge on any atom is 0.00975 e. The second kappa shape index (κ2) is 12.8. The summed E-state index contributed by atoms with van der Waals surface area (Å²) in [6, 6.07) is 0.720. The lowest BCUT2D eigenvalue weighted by Crippen LogP contribution is -2.33. The van der Waals surface area contributed by atoms with Gasteiger partial charge in [-0.25, -0.2) is 0 Å². The van der Waals surface area contributed by atoms with Gasteiger partial charge in [0.25, 0.3) is 0 Å². The fourth-order valence-corrected chi connectivity index (χ4v) is 3.17.